The van der Waals surface area contributed by atoms with Gasteiger partial charge in [0, 0.05) is 28.4 Å². The number of carbonyl (C=O) groups excluding carboxylic acids is 2. The maximum Gasteiger partial charge on any atom is 0.244 e. The summed E-state index contributed by atoms with van der Waals surface area (Å²) in [6, 6.07) is 22.7. The van der Waals surface area contributed by atoms with Gasteiger partial charge in [0.1, 0.15) is 12.3 Å². The predicted molar refractivity (Wildman–Crippen MR) is 123 cm³/mol. The highest BCUT2D eigenvalue weighted by atomic mass is 16.5. The Morgan fingerprint density at radius 1 is 0.903 bits per heavy atom. The van der Waals surface area contributed by atoms with Crippen molar-refractivity contribution in [3.05, 3.63) is 95.7 Å². The molecule has 1 amide bonds. The second-order valence-corrected chi connectivity index (χ2v) is 7.56. The Morgan fingerprint density at radius 2 is 1.65 bits per heavy atom. The van der Waals surface area contributed by atoms with Crippen LogP contribution < -0.4 is 10.1 Å². The smallest absolute Gasteiger partial charge is 0.244 e. The zero-order valence-electron chi connectivity index (χ0n) is 17.6. The number of Topliss-reactive ketones (excluding diaryl/α,β-unsaturated/α-hetero) is 1. The zero-order valence-corrected chi connectivity index (χ0v) is 17.6. The van der Waals surface area contributed by atoms with Crippen molar-refractivity contribution >= 4 is 28.3 Å². The number of hydrogen-bond donors (Lipinski definition) is 1. The fourth-order valence-corrected chi connectivity index (χ4v) is 3.52. The van der Waals surface area contributed by atoms with E-state index >= 15 is 0 Å². The lowest BCUT2D eigenvalue weighted by Crippen LogP contribution is -2.18. The van der Waals surface area contributed by atoms with Crippen molar-refractivity contribution in [3.63, 3.8) is 0 Å². The molecule has 0 spiro atoms. The van der Waals surface area contributed by atoms with Crippen molar-refractivity contribution in [2.45, 2.75) is 20.4 Å². The van der Waals surface area contributed by atoms with Gasteiger partial charge in [-0.05, 0) is 55.3 Å². The Balaban J connectivity index is 1.52. The molecule has 3 aromatic carbocycles. The summed E-state index contributed by atoms with van der Waals surface area (Å²) in [4.78, 5) is 25.5. The number of fused-ring (bicyclic) bond motifs is 1. The lowest BCUT2D eigenvalue weighted by Gasteiger charge is -2.09. The summed E-state index contributed by atoms with van der Waals surface area (Å²) in [6.07, 6.45) is 1.74. The van der Waals surface area contributed by atoms with E-state index in [0.717, 1.165) is 22.2 Å². The molecule has 0 aliphatic carbocycles. The number of ether oxygens (including phenoxy) is 1. The van der Waals surface area contributed by atoms with E-state index in [1.807, 2.05) is 91.2 Å². The maximum absolute atomic E-state index is 12.9. The first-order chi connectivity index (χ1) is 15.0. The summed E-state index contributed by atoms with van der Waals surface area (Å²) < 4.78 is 7.43. The van der Waals surface area contributed by atoms with Gasteiger partial charge >= 0.3 is 0 Å². The van der Waals surface area contributed by atoms with Crippen molar-refractivity contribution in [1.82, 2.24) is 4.57 Å². The fourth-order valence-electron chi connectivity index (χ4n) is 3.52. The molecule has 0 radical (unpaired) electrons. The molecule has 1 heterocycles. The van der Waals surface area contributed by atoms with Crippen molar-refractivity contribution < 1.29 is 14.3 Å². The Hall–Kier alpha value is -3.86. The molecule has 5 heteroatoms. The molecule has 1 N–H and O–H groups in total. The van der Waals surface area contributed by atoms with Crippen LogP contribution in [0.2, 0.25) is 0 Å². The van der Waals surface area contributed by atoms with E-state index in [0.29, 0.717) is 11.3 Å². The number of benzene rings is 3. The topological polar surface area (TPSA) is 60.3 Å². The number of amides is 1. The number of ketones is 1. The number of aromatic nitrogens is 1. The number of anilines is 1. The Labute approximate surface area is 181 Å². The molecule has 1 aromatic heterocycles. The van der Waals surface area contributed by atoms with Crippen LogP contribution in [0.3, 0.4) is 0 Å². The first-order valence-corrected chi connectivity index (χ1v) is 10.2. The van der Waals surface area contributed by atoms with E-state index in [1.165, 1.54) is 5.56 Å². The van der Waals surface area contributed by atoms with Crippen LogP contribution in [0.15, 0.2) is 79.0 Å². The van der Waals surface area contributed by atoms with Crippen LogP contribution in [0.1, 0.15) is 21.5 Å². The van der Waals surface area contributed by atoms with E-state index in [4.69, 9.17) is 4.74 Å². The van der Waals surface area contributed by atoms with E-state index in [2.05, 4.69) is 5.32 Å². The molecule has 0 aliphatic rings. The third-order valence-electron chi connectivity index (χ3n) is 5.31. The first kappa shape index (κ1) is 20.4. The van der Waals surface area contributed by atoms with Gasteiger partial charge in [0.05, 0.1) is 0 Å². The molecule has 0 unspecified atom stereocenters. The van der Waals surface area contributed by atoms with Gasteiger partial charge < -0.3 is 14.6 Å². The number of aryl methyl sites for hydroxylation is 2. The van der Waals surface area contributed by atoms with Crippen molar-refractivity contribution in [2.24, 2.45) is 0 Å². The number of nitrogens with one attached hydrogen (secondary N) is 1. The minimum absolute atomic E-state index is 0.0626. The number of rotatable bonds is 7. The summed E-state index contributed by atoms with van der Waals surface area (Å²) in [6.45, 7) is 4.10. The largest absolute Gasteiger partial charge is 0.485 e. The molecule has 0 saturated heterocycles. The highest BCUT2D eigenvalue weighted by Crippen LogP contribution is 2.23. The third kappa shape index (κ3) is 4.67. The van der Waals surface area contributed by atoms with Crippen LogP contribution in [-0.2, 0) is 11.3 Å². The third-order valence-corrected chi connectivity index (χ3v) is 5.31. The van der Waals surface area contributed by atoms with Crippen LogP contribution in [0, 0.1) is 13.8 Å². The standard InChI is InChI=1S/C26H24N2O3/c1-18-12-13-20(14-19(18)2)27-26(30)16-28-15-23(22-10-6-7-11-24(22)28)25(29)17-31-21-8-4-3-5-9-21/h3-15H,16-17H2,1-2H3,(H,27,30). The average Bonchev–Trinajstić information content (AvgIpc) is 3.14. The normalized spacial score (nSPS) is 10.8. The van der Waals surface area contributed by atoms with Crippen LogP contribution in [0.25, 0.3) is 10.9 Å². The molecule has 0 saturated carbocycles. The van der Waals surface area contributed by atoms with Gasteiger partial charge in [-0.15, -0.1) is 0 Å². The number of carbonyl (C=O) groups is 2. The minimum Gasteiger partial charge on any atom is -0.485 e. The highest BCUT2D eigenvalue weighted by Gasteiger charge is 2.17. The monoisotopic (exact) mass is 412 g/mol. The van der Waals surface area contributed by atoms with E-state index in [9.17, 15) is 9.59 Å². The molecule has 0 aliphatic heterocycles. The van der Waals surface area contributed by atoms with E-state index in [1.54, 1.807) is 6.20 Å². The fraction of sp³-hybridized carbons (Fsp3) is 0.154. The summed E-state index contributed by atoms with van der Waals surface area (Å²) in [5.41, 5.74) is 4.44. The molecule has 156 valence electrons. The van der Waals surface area contributed by atoms with Crippen molar-refractivity contribution in [1.29, 1.82) is 0 Å². The second-order valence-electron chi connectivity index (χ2n) is 7.56. The van der Waals surface area contributed by atoms with Gasteiger partial charge in [0.25, 0.3) is 0 Å². The van der Waals surface area contributed by atoms with Crippen LogP contribution in [0.5, 0.6) is 5.75 Å². The lowest BCUT2D eigenvalue weighted by molar-refractivity contribution is -0.116. The average molecular weight is 412 g/mol. The Bertz CT molecular complexity index is 1240. The Kier molecular flexibility index (Phi) is 5.85. The minimum atomic E-state index is -0.149. The molecular weight excluding hydrogens is 388 g/mol. The van der Waals surface area contributed by atoms with Crippen LogP contribution >= 0.6 is 0 Å². The zero-order chi connectivity index (χ0) is 21.8. The van der Waals surface area contributed by atoms with Crippen LogP contribution in [0.4, 0.5) is 5.69 Å². The molecule has 0 atom stereocenters. The number of para-hydroxylation sites is 2. The molecule has 0 bridgehead atoms. The SMILES string of the molecule is Cc1ccc(NC(=O)Cn2cc(C(=O)COc3ccccc3)c3ccccc32)cc1C. The van der Waals surface area contributed by atoms with E-state index < -0.39 is 0 Å². The van der Waals surface area contributed by atoms with Crippen molar-refractivity contribution in [3.8, 4) is 5.75 Å². The number of nitrogens with zero attached hydrogens (tertiary/aromatic N) is 1. The van der Waals surface area contributed by atoms with Gasteiger partial charge in [-0.1, -0.05) is 42.5 Å². The quantitative estimate of drug-likeness (QED) is 0.427. The van der Waals surface area contributed by atoms with Crippen molar-refractivity contribution in [2.75, 3.05) is 11.9 Å². The summed E-state index contributed by atoms with van der Waals surface area (Å²) >= 11 is 0. The van der Waals surface area contributed by atoms with Gasteiger partial charge in [-0.3, -0.25) is 9.59 Å². The first-order valence-electron chi connectivity index (χ1n) is 10.2. The van der Waals surface area contributed by atoms with E-state index in [-0.39, 0.29) is 24.8 Å². The Morgan fingerprint density at radius 3 is 2.42 bits per heavy atom. The molecule has 5 nitrogen and oxygen atoms in total. The predicted octanol–water partition coefficient (Wildman–Crippen LogP) is 5.16. The molecular formula is C26H24N2O3. The molecule has 4 aromatic rings. The molecule has 0 fully saturated rings. The van der Waals surface area contributed by atoms with Gasteiger partial charge in [0.2, 0.25) is 11.7 Å². The van der Waals surface area contributed by atoms with Gasteiger partial charge in [0.15, 0.2) is 6.61 Å². The summed E-state index contributed by atoms with van der Waals surface area (Å²) in [5.74, 6) is 0.365. The molecule has 31 heavy (non-hydrogen) atoms. The summed E-state index contributed by atoms with van der Waals surface area (Å²) in [7, 11) is 0. The van der Waals surface area contributed by atoms with Crippen LogP contribution in [-0.4, -0.2) is 22.9 Å². The second kappa shape index (κ2) is 8.88. The summed E-state index contributed by atoms with van der Waals surface area (Å²) in [5, 5.41) is 3.75. The molecule has 4 rings (SSSR count). The lowest BCUT2D eigenvalue weighted by atomic mass is 10.1. The number of hydrogen-bond acceptors (Lipinski definition) is 3. The van der Waals surface area contributed by atoms with Gasteiger partial charge in [-0.2, -0.15) is 0 Å². The highest BCUT2D eigenvalue weighted by molar-refractivity contribution is 6.09. The van der Waals surface area contributed by atoms with Gasteiger partial charge in [-0.25, -0.2) is 0 Å². The maximum atomic E-state index is 12.9.